The molecule has 0 radical (unpaired) electrons. The molecule has 1 aromatic heterocycles. The number of primary amides is 1. The Kier molecular flexibility index (Phi) is 6.78. The number of benzene rings is 3. The molecular weight excluding hydrogens is 538 g/mol. The Hall–Kier alpha value is -5.10. The molecule has 0 saturated carbocycles. The van der Waals surface area contributed by atoms with Gasteiger partial charge in [-0.05, 0) is 59.2 Å². The van der Waals surface area contributed by atoms with Gasteiger partial charge in [-0.2, -0.15) is 0 Å². The topological polar surface area (TPSA) is 167 Å². The molecule has 0 aliphatic carbocycles. The maximum atomic E-state index is 13.8. The molecule has 40 heavy (non-hydrogen) atoms. The number of ether oxygens (including phenoxy) is 2. The van der Waals surface area contributed by atoms with Gasteiger partial charge < -0.3 is 24.9 Å². The Bertz CT molecular complexity index is 1810. The van der Waals surface area contributed by atoms with E-state index in [-0.39, 0.29) is 17.3 Å². The zero-order chi connectivity index (χ0) is 28.6. The Morgan fingerprint density at radius 3 is 2.45 bits per heavy atom. The average Bonchev–Trinajstić information content (AvgIpc) is 3.51. The predicted octanol–water partition coefficient (Wildman–Crippen LogP) is 2.74. The molecule has 0 saturated heterocycles. The van der Waals surface area contributed by atoms with E-state index in [0.29, 0.717) is 39.1 Å². The zero-order valence-electron chi connectivity index (χ0n) is 21.0. The van der Waals surface area contributed by atoms with Gasteiger partial charge in [-0.15, -0.1) is 0 Å². The molecule has 1 atom stereocenters. The van der Waals surface area contributed by atoms with E-state index in [0.717, 1.165) is 6.08 Å². The van der Waals surface area contributed by atoms with Gasteiger partial charge in [0.2, 0.25) is 18.6 Å². The minimum Gasteiger partial charge on any atom is -0.478 e. The standard InChI is InChI=1S/C28H23N3O8S/c1-31-14-21(20-9-5-18(27(29)34)12-22(20)31)26(17-6-10-23-24(13-17)39-15-38-23)28(35)30-40(36,37)19-7-2-16(3-8-19)4-11-25(32)33/h2-14,26H,15H2,1H3,(H2,29,34)(H,30,35)(H,32,33). The molecule has 0 fully saturated rings. The molecule has 4 N–H and O–H groups in total. The number of nitrogens with zero attached hydrogens (tertiary/aromatic N) is 1. The van der Waals surface area contributed by atoms with Gasteiger partial charge in [0.25, 0.3) is 10.0 Å². The number of aromatic nitrogens is 1. The Balaban J connectivity index is 1.55. The fourth-order valence-corrected chi connectivity index (χ4v) is 5.53. The summed E-state index contributed by atoms with van der Waals surface area (Å²) < 4.78 is 41.2. The predicted molar refractivity (Wildman–Crippen MR) is 144 cm³/mol. The van der Waals surface area contributed by atoms with Crippen LogP contribution in [0, 0.1) is 0 Å². The lowest BCUT2D eigenvalue weighted by Crippen LogP contribution is -2.35. The van der Waals surface area contributed by atoms with Crippen LogP contribution < -0.4 is 19.9 Å². The van der Waals surface area contributed by atoms with Gasteiger partial charge in [-0.3, -0.25) is 9.59 Å². The number of carbonyl (C=O) groups excluding carboxylic acids is 2. The summed E-state index contributed by atoms with van der Waals surface area (Å²) in [4.78, 5) is 36.1. The average molecular weight is 562 g/mol. The fourth-order valence-electron chi connectivity index (χ4n) is 4.54. The van der Waals surface area contributed by atoms with Crippen molar-refractivity contribution in [1.29, 1.82) is 0 Å². The first-order valence-corrected chi connectivity index (χ1v) is 13.4. The van der Waals surface area contributed by atoms with E-state index in [1.54, 1.807) is 54.2 Å². The highest BCUT2D eigenvalue weighted by Gasteiger charge is 2.31. The quantitative estimate of drug-likeness (QED) is 0.276. The van der Waals surface area contributed by atoms with Gasteiger partial charge in [0.1, 0.15) is 0 Å². The summed E-state index contributed by atoms with van der Waals surface area (Å²) in [6.07, 6.45) is 3.94. The molecule has 1 unspecified atom stereocenters. The lowest BCUT2D eigenvalue weighted by Gasteiger charge is -2.18. The van der Waals surface area contributed by atoms with Crippen LogP contribution in [-0.4, -0.2) is 42.7 Å². The molecule has 2 heterocycles. The van der Waals surface area contributed by atoms with Gasteiger partial charge in [0.05, 0.1) is 10.8 Å². The third kappa shape index (κ3) is 5.12. The van der Waals surface area contributed by atoms with Gasteiger partial charge in [0.15, 0.2) is 11.5 Å². The second-order valence-corrected chi connectivity index (χ2v) is 10.7. The van der Waals surface area contributed by atoms with Crippen molar-refractivity contribution in [2.75, 3.05) is 6.79 Å². The smallest absolute Gasteiger partial charge is 0.328 e. The molecule has 4 aromatic rings. The number of aryl methyl sites for hydroxylation is 1. The first-order valence-electron chi connectivity index (χ1n) is 11.9. The third-order valence-corrected chi connectivity index (χ3v) is 7.82. The number of aliphatic carboxylic acids is 1. The second kappa shape index (κ2) is 10.2. The number of nitrogens with two attached hydrogens (primary N) is 1. The minimum absolute atomic E-state index is 0.0197. The van der Waals surface area contributed by atoms with Crippen LogP contribution >= 0.6 is 0 Å². The summed E-state index contributed by atoms with van der Waals surface area (Å²) >= 11 is 0. The number of sulfonamides is 1. The van der Waals surface area contributed by atoms with E-state index >= 15 is 0 Å². The highest BCUT2D eigenvalue weighted by Crippen LogP contribution is 2.39. The molecule has 5 rings (SSSR count). The largest absolute Gasteiger partial charge is 0.478 e. The molecule has 3 aromatic carbocycles. The molecule has 1 aliphatic heterocycles. The molecule has 2 amide bonds. The van der Waals surface area contributed by atoms with Crippen molar-refractivity contribution in [3.63, 3.8) is 0 Å². The van der Waals surface area contributed by atoms with Crippen LogP contribution in [0.15, 0.2) is 77.8 Å². The molecular formula is C28H23N3O8S. The van der Waals surface area contributed by atoms with E-state index in [4.69, 9.17) is 20.3 Å². The van der Waals surface area contributed by atoms with E-state index in [1.807, 2.05) is 0 Å². The van der Waals surface area contributed by atoms with Crippen molar-refractivity contribution in [3.8, 4) is 11.5 Å². The van der Waals surface area contributed by atoms with Crippen molar-refractivity contribution in [3.05, 3.63) is 95.2 Å². The van der Waals surface area contributed by atoms with Gasteiger partial charge in [0, 0.05) is 35.8 Å². The summed E-state index contributed by atoms with van der Waals surface area (Å²) in [5.74, 6) is -2.75. The number of carboxylic acids is 1. The zero-order valence-corrected chi connectivity index (χ0v) is 21.8. The summed E-state index contributed by atoms with van der Waals surface area (Å²) in [6, 6.07) is 15.1. The Labute approximate surface area is 228 Å². The summed E-state index contributed by atoms with van der Waals surface area (Å²) in [5, 5.41) is 9.41. The van der Waals surface area contributed by atoms with Crippen molar-refractivity contribution in [2.24, 2.45) is 12.8 Å². The monoisotopic (exact) mass is 561 g/mol. The van der Waals surface area contributed by atoms with Crippen LogP contribution in [0.4, 0.5) is 0 Å². The van der Waals surface area contributed by atoms with Gasteiger partial charge >= 0.3 is 5.97 Å². The van der Waals surface area contributed by atoms with E-state index in [2.05, 4.69) is 4.72 Å². The lowest BCUT2D eigenvalue weighted by atomic mass is 9.90. The van der Waals surface area contributed by atoms with Crippen LogP contribution in [-0.2, 0) is 26.7 Å². The molecule has 0 spiro atoms. The van der Waals surface area contributed by atoms with Gasteiger partial charge in [-0.25, -0.2) is 17.9 Å². The number of carbonyl (C=O) groups is 3. The number of fused-ring (bicyclic) bond motifs is 2. The summed E-state index contributed by atoms with van der Waals surface area (Å²) in [7, 11) is -2.57. The minimum atomic E-state index is -4.31. The number of rotatable bonds is 8. The number of hydrogen-bond acceptors (Lipinski definition) is 7. The molecule has 0 bridgehead atoms. The SMILES string of the molecule is Cn1cc(C(C(=O)NS(=O)(=O)c2ccc(C=CC(=O)O)cc2)c2ccc3c(c2)OCO3)c2ccc(C(N)=O)cc21. The van der Waals surface area contributed by atoms with E-state index < -0.39 is 33.7 Å². The molecule has 11 nitrogen and oxygen atoms in total. The summed E-state index contributed by atoms with van der Waals surface area (Å²) in [5.41, 5.74) is 7.77. The second-order valence-electron chi connectivity index (χ2n) is 9.05. The first-order chi connectivity index (χ1) is 19.0. The van der Waals surface area contributed by atoms with Crippen LogP contribution in [0.1, 0.15) is 33.0 Å². The lowest BCUT2D eigenvalue weighted by molar-refractivity contribution is -0.131. The van der Waals surface area contributed by atoms with Crippen molar-refractivity contribution in [1.82, 2.24) is 9.29 Å². The van der Waals surface area contributed by atoms with Crippen LogP contribution in [0.2, 0.25) is 0 Å². The Morgan fingerprint density at radius 2 is 1.75 bits per heavy atom. The number of carboxylic acid groups (broad SMARTS) is 1. The van der Waals surface area contributed by atoms with Crippen molar-refractivity contribution >= 4 is 44.8 Å². The maximum absolute atomic E-state index is 13.8. The van der Waals surface area contributed by atoms with E-state index in [1.165, 1.54) is 30.3 Å². The highest BCUT2D eigenvalue weighted by molar-refractivity contribution is 7.90. The van der Waals surface area contributed by atoms with Crippen LogP contribution in [0.25, 0.3) is 17.0 Å². The van der Waals surface area contributed by atoms with Crippen molar-refractivity contribution < 1.29 is 37.4 Å². The highest BCUT2D eigenvalue weighted by atomic mass is 32.2. The molecule has 204 valence electrons. The van der Waals surface area contributed by atoms with E-state index in [9.17, 15) is 22.8 Å². The number of amides is 2. The van der Waals surface area contributed by atoms with Crippen molar-refractivity contribution in [2.45, 2.75) is 10.8 Å². The van der Waals surface area contributed by atoms with Gasteiger partial charge in [-0.1, -0.05) is 24.3 Å². The van der Waals surface area contributed by atoms with Crippen LogP contribution in [0.3, 0.4) is 0 Å². The molecule has 1 aliphatic rings. The maximum Gasteiger partial charge on any atom is 0.328 e. The summed E-state index contributed by atoms with van der Waals surface area (Å²) in [6.45, 7) is 0.0197. The molecule has 12 heteroatoms. The number of hydrogen-bond donors (Lipinski definition) is 3. The first kappa shape index (κ1) is 26.5. The normalized spacial score (nSPS) is 13.4. The van der Waals surface area contributed by atoms with Crippen LogP contribution in [0.5, 0.6) is 11.5 Å². The Morgan fingerprint density at radius 1 is 1.02 bits per heavy atom. The number of nitrogens with one attached hydrogen (secondary N) is 1. The fraction of sp³-hybridized carbons (Fsp3) is 0.107. The third-order valence-electron chi connectivity index (χ3n) is 6.45.